The number of hydrogen-bond acceptors (Lipinski definition) is 3. The van der Waals surface area contributed by atoms with E-state index in [4.69, 9.17) is 5.11 Å². The monoisotopic (exact) mass is 290 g/mol. The predicted octanol–water partition coefficient (Wildman–Crippen LogP) is 1.22. The molecule has 114 valence electrons. The second-order valence-electron chi connectivity index (χ2n) is 5.76. The lowest BCUT2D eigenvalue weighted by molar-refractivity contribution is -0.119. The second kappa shape index (κ2) is 6.72. The van der Waals surface area contributed by atoms with Crippen LogP contribution in [-0.2, 0) is 11.3 Å². The summed E-state index contributed by atoms with van der Waals surface area (Å²) in [6, 6.07) is 7.20. The summed E-state index contributed by atoms with van der Waals surface area (Å²) in [6.07, 6.45) is 2.90. The van der Waals surface area contributed by atoms with E-state index >= 15 is 0 Å². The SMILES string of the molecule is CC(=O)NCc1ccc(C(=O)NCC2(CCO)CC2)cc1. The molecule has 1 aromatic carbocycles. The zero-order chi connectivity index (χ0) is 15.3. The summed E-state index contributed by atoms with van der Waals surface area (Å²) < 4.78 is 0. The molecule has 1 aromatic rings. The van der Waals surface area contributed by atoms with Crippen molar-refractivity contribution < 1.29 is 14.7 Å². The van der Waals surface area contributed by atoms with Crippen LogP contribution in [0.15, 0.2) is 24.3 Å². The Hall–Kier alpha value is -1.88. The molecule has 2 rings (SSSR count). The average Bonchev–Trinajstić information content (AvgIpc) is 3.24. The molecule has 1 aliphatic rings. The molecule has 21 heavy (non-hydrogen) atoms. The minimum absolute atomic E-state index is 0.0737. The largest absolute Gasteiger partial charge is 0.396 e. The van der Waals surface area contributed by atoms with Gasteiger partial charge in [0, 0.05) is 32.2 Å². The van der Waals surface area contributed by atoms with E-state index in [9.17, 15) is 9.59 Å². The molecular formula is C16H22N2O3. The Morgan fingerprint density at radius 2 is 1.86 bits per heavy atom. The van der Waals surface area contributed by atoms with Crippen LogP contribution in [0.5, 0.6) is 0 Å². The summed E-state index contributed by atoms with van der Waals surface area (Å²) >= 11 is 0. The fourth-order valence-corrected chi connectivity index (χ4v) is 2.30. The van der Waals surface area contributed by atoms with Crippen molar-refractivity contribution in [1.29, 1.82) is 0 Å². The highest BCUT2D eigenvalue weighted by Gasteiger charge is 2.41. The standard InChI is InChI=1S/C16H22N2O3/c1-12(20)17-10-13-2-4-14(5-3-13)15(21)18-11-16(6-7-16)8-9-19/h2-5,19H,6-11H2,1H3,(H,17,20)(H,18,21). The Morgan fingerprint density at radius 3 is 2.38 bits per heavy atom. The average molecular weight is 290 g/mol. The van der Waals surface area contributed by atoms with Gasteiger partial charge < -0.3 is 15.7 Å². The van der Waals surface area contributed by atoms with E-state index in [2.05, 4.69) is 10.6 Å². The van der Waals surface area contributed by atoms with Gasteiger partial charge in [-0.25, -0.2) is 0 Å². The fraction of sp³-hybridized carbons (Fsp3) is 0.500. The highest BCUT2D eigenvalue weighted by molar-refractivity contribution is 5.94. The lowest BCUT2D eigenvalue weighted by Gasteiger charge is -2.14. The van der Waals surface area contributed by atoms with Crippen molar-refractivity contribution in [2.24, 2.45) is 5.41 Å². The Bertz CT molecular complexity index is 507. The van der Waals surface area contributed by atoms with Gasteiger partial charge in [0.15, 0.2) is 0 Å². The van der Waals surface area contributed by atoms with E-state index in [-0.39, 0.29) is 23.8 Å². The molecular weight excluding hydrogens is 268 g/mol. The summed E-state index contributed by atoms with van der Waals surface area (Å²) in [4.78, 5) is 22.9. The van der Waals surface area contributed by atoms with E-state index in [1.165, 1.54) is 6.92 Å². The lowest BCUT2D eigenvalue weighted by atomic mass is 10.0. The Morgan fingerprint density at radius 1 is 1.19 bits per heavy atom. The van der Waals surface area contributed by atoms with Crippen molar-refractivity contribution in [2.75, 3.05) is 13.2 Å². The number of carbonyl (C=O) groups is 2. The van der Waals surface area contributed by atoms with E-state index in [0.29, 0.717) is 18.7 Å². The van der Waals surface area contributed by atoms with Crippen LogP contribution < -0.4 is 10.6 Å². The van der Waals surface area contributed by atoms with Crippen LogP contribution in [0.2, 0.25) is 0 Å². The predicted molar refractivity (Wildman–Crippen MR) is 79.7 cm³/mol. The third-order valence-electron chi connectivity index (χ3n) is 3.98. The number of nitrogens with one attached hydrogen (secondary N) is 2. The third kappa shape index (κ3) is 4.56. The maximum absolute atomic E-state index is 12.1. The Labute approximate surface area is 124 Å². The van der Waals surface area contributed by atoms with Crippen LogP contribution in [0.4, 0.5) is 0 Å². The molecule has 0 heterocycles. The lowest BCUT2D eigenvalue weighted by Crippen LogP contribution is -2.30. The van der Waals surface area contributed by atoms with Crippen LogP contribution in [-0.4, -0.2) is 30.1 Å². The highest BCUT2D eigenvalue weighted by atomic mass is 16.3. The molecule has 0 radical (unpaired) electrons. The number of benzene rings is 1. The molecule has 0 unspecified atom stereocenters. The first-order valence-corrected chi connectivity index (χ1v) is 7.27. The van der Waals surface area contributed by atoms with Gasteiger partial charge in [-0.15, -0.1) is 0 Å². The molecule has 3 N–H and O–H groups in total. The van der Waals surface area contributed by atoms with Crippen LogP contribution in [0, 0.1) is 5.41 Å². The van der Waals surface area contributed by atoms with Crippen molar-refractivity contribution in [3.8, 4) is 0 Å². The minimum Gasteiger partial charge on any atom is -0.396 e. The molecule has 0 saturated heterocycles. The van der Waals surface area contributed by atoms with Gasteiger partial charge in [0.25, 0.3) is 5.91 Å². The first kappa shape index (κ1) is 15.5. The zero-order valence-electron chi connectivity index (χ0n) is 12.3. The number of carbonyl (C=O) groups excluding carboxylic acids is 2. The zero-order valence-corrected chi connectivity index (χ0v) is 12.3. The minimum atomic E-state index is -0.0923. The first-order valence-electron chi connectivity index (χ1n) is 7.27. The van der Waals surface area contributed by atoms with Crippen LogP contribution in [0.1, 0.15) is 42.1 Å². The molecule has 0 aliphatic heterocycles. The van der Waals surface area contributed by atoms with Gasteiger partial charge in [-0.2, -0.15) is 0 Å². The van der Waals surface area contributed by atoms with E-state index in [1.807, 2.05) is 12.1 Å². The van der Waals surface area contributed by atoms with E-state index < -0.39 is 0 Å². The van der Waals surface area contributed by atoms with E-state index in [1.54, 1.807) is 12.1 Å². The number of amides is 2. The van der Waals surface area contributed by atoms with Gasteiger partial charge in [-0.1, -0.05) is 12.1 Å². The van der Waals surface area contributed by atoms with Crippen molar-refractivity contribution >= 4 is 11.8 Å². The molecule has 0 spiro atoms. The first-order chi connectivity index (χ1) is 10.0. The molecule has 1 aliphatic carbocycles. The molecule has 0 atom stereocenters. The number of hydrogen-bond donors (Lipinski definition) is 3. The summed E-state index contributed by atoms with van der Waals surface area (Å²) in [6.45, 7) is 2.74. The Kier molecular flexibility index (Phi) is 4.96. The van der Waals surface area contributed by atoms with Gasteiger partial charge in [0.05, 0.1) is 0 Å². The Balaban J connectivity index is 1.84. The van der Waals surface area contributed by atoms with Gasteiger partial charge in [-0.05, 0) is 42.4 Å². The van der Waals surface area contributed by atoms with Crippen LogP contribution in [0.3, 0.4) is 0 Å². The molecule has 0 bridgehead atoms. The van der Waals surface area contributed by atoms with Crippen molar-refractivity contribution in [2.45, 2.75) is 32.7 Å². The summed E-state index contributed by atoms with van der Waals surface area (Å²) in [5.41, 5.74) is 1.69. The molecule has 1 saturated carbocycles. The normalized spacial score (nSPS) is 15.3. The second-order valence-corrected chi connectivity index (χ2v) is 5.76. The molecule has 0 aromatic heterocycles. The smallest absolute Gasteiger partial charge is 0.251 e. The quantitative estimate of drug-likeness (QED) is 0.706. The summed E-state index contributed by atoms with van der Waals surface area (Å²) in [5, 5.41) is 14.7. The maximum Gasteiger partial charge on any atom is 0.251 e. The fourth-order valence-electron chi connectivity index (χ4n) is 2.30. The number of rotatable bonds is 7. The van der Waals surface area contributed by atoms with Gasteiger partial charge in [-0.3, -0.25) is 9.59 Å². The number of aliphatic hydroxyl groups is 1. The van der Waals surface area contributed by atoms with Crippen LogP contribution in [0.25, 0.3) is 0 Å². The van der Waals surface area contributed by atoms with Crippen molar-refractivity contribution in [3.63, 3.8) is 0 Å². The van der Waals surface area contributed by atoms with E-state index in [0.717, 1.165) is 24.8 Å². The summed E-state index contributed by atoms with van der Waals surface area (Å²) in [7, 11) is 0. The summed E-state index contributed by atoms with van der Waals surface area (Å²) in [5.74, 6) is -0.166. The topological polar surface area (TPSA) is 78.4 Å². The molecule has 1 fully saturated rings. The van der Waals surface area contributed by atoms with Crippen LogP contribution >= 0.6 is 0 Å². The number of aliphatic hydroxyl groups excluding tert-OH is 1. The maximum atomic E-state index is 12.1. The molecule has 5 nitrogen and oxygen atoms in total. The third-order valence-corrected chi connectivity index (χ3v) is 3.98. The van der Waals surface area contributed by atoms with Gasteiger partial charge >= 0.3 is 0 Å². The van der Waals surface area contributed by atoms with Gasteiger partial charge in [0.2, 0.25) is 5.91 Å². The molecule has 2 amide bonds. The van der Waals surface area contributed by atoms with Gasteiger partial charge in [0.1, 0.15) is 0 Å². The van der Waals surface area contributed by atoms with Crippen molar-refractivity contribution in [1.82, 2.24) is 10.6 Å². The molecule has 5 heteroatoms. The highest BCUT2D eigenvalue weighted by Crippen LogP contribution is 2.47. The van der Waals surface area contributed by atoms with Crippen molar-refractivity contribution in [3.05, 3.63) is 35.4 Å².